The van der Waals surface area contributed by atoms with E-state index in [0.29, 0.717) is 28.2 Å². The van der Waals surface area contributed by atoms with Crippen molar-refractivity contribution >= 4 is 46.4 Å². The van der Waals surface area contributed by atoms with Crippen LogP contribution in [0.1, 0.15) is 20.8 Å². The Bertz CT molecular complexity index is 1050. The SMILES string of the molecule is CCOc1nc(-c2ccc(Cl)c(Cl)c2)n(-c2ccc(NC(=O)C(C)(C)CCl)cc2)n1. The summed E-state index contributed by atoms with van der Waals surface area (Å²) in [6.07, 6.45) is 0. The van der Waals surface area contributed by atoms with Crippen molar-refractivity contribution in [2.45, 2.75) is 20.8 Å². The standard InChI is InChI=1S/C21H21Cl3N4O2/c1-4-30-20-26-18(13-5-10-16(23)17(24)11-13)28(27-20)15-8-6-14(7-9-15)25-19(29)21(2,3)12-22/h5-11H,4,12H2,1-3H3,(H,25,29). The van der Waals surface area contributed by atoms with Crippen LogP contribution in [0.25, 0.3) is 17.1 Å². The average molecular weight is 468 g/mol. The van der Waals surface area contributed by atoms with Crippen LogP contribution in [0.4, 0.5) is 5.69 Å². The second-order valence-electron chi connectivity index (χ2n) is 7.21. The number of amides is 1. The third-order valence-corrected chi connectivity index (χ3v) is 5.76. The molecule has 0 unspecified atom stereocenters. The molecule has 0 fully saturated rings. The Hall–Kier alpha value is -2.28. The van der Waals surface area contributed by atoms with Crippen molar-refractivity contribution in [1.29, 1.82) is 0 Å². The van der Waals surface area contributed by atoms with Crippen LogP contribution in [0.2, 0.25) is 10.0 Å². The zero-order valence-corrected chi connectivity index (χ0v) is 19.0. The summed E-state index contributed by atoms with van der Waals surface area (Å²) in [5.41, 5.74) is 1.47. The molecule has 1 N–H and O–H groups in total. The number of halogens is 3. The lowest BCUT2D eigenvalue weighted by atomic mass is 9.95. The molecule has 0 saturated carbocycles. The predicted octanol–water partition coefficient (Wildman–Crippen LogP) is 5.84. The minimum atomic E-state index is -0.667. The van der Waals surface area contributed by atoms with Gasteiger partial charge in [0, 0.05) is 17.1 Å². The molecule has 1 heterocycles. The lowest BCUT2D eigenvalue weighted by molar-refractivity contribution is -0.122. The van der Waals surface area contributed by atoms with Gasteiger partial charge in [-0.15, -0.1) is 16.7 Å². The number of carbonyl (C=O) groups excluding carboxylic acids is 1. The van der Waals surface area contributed by atoms with Gasteiger partial charge < -0.3 is 10.1 Å². The monoisotopic (exact) mass is 466 g/mol. The molecule has 0 atom stereocenters. The van der Waals surface area contributed by atoms with E-state index >= 15 is 0 Å². The van der Waals surface area contributed by atoms with Gasteiger partial charge in [0.15, 0.2) is 5.82 Å². The van der Waals surface area contributed by atoms with Crippen LogP contribution >= 0.6 is 34.8 Å². The molecule has 158 valence electrons. The first kappa shape index (κ1) is 22.4. The van der Waals surface area contributed by atoms with Crippen molar-refractivity contribution in [2.24, 2.45) is 5.41 Å². The lowest BCUT2D eigenvalue weighted by Crippen LogP contribution is -2.32. The van der Waals surface area contributed by atoms with E-state index < -0.39 is 5.41 Å². The molecule has 6 nitrogen and oxygen atoms in total. The summed E-state index contributed by atoms with van der Waals surface area (Å²) in [4.78, 5) is 16.8. The highest BCUT2D eigenvalue weighted by Gasteiger charge is 2.26. The van der Waals surface area contributed by atoms with E-state index in [4.69, 9.17) is 39.5 Å². The fourth-order valence-corrected chi connectivity index (χ4v) is 2.95. The molecule has 1 aromatic heterocycles. The topological polar surface area (TPSA) is 69.0 Å². The Morgan fingerprint density at radius 3 is 2.43 bits per heavy atom. The van der Waals surface area contributed by atoms with Gasteiger partial charge in [-0.2, -0.15) is 4.98 Å². The Kier molecular flexibility index (Phi) is 6.91. The fourth-order valence-electron chi connectivity index (χ4n) is 2.53. The van der Waals surface area contributed by atoms with E-state index in [1.54, 1.807) is 42.8 Å². The maximum Gasteiger partial charge on any atom is 0.336 e. The minimum Gasteiger partial charge on any atom is -0.463 e. The van der Waals surface area contributed by atoms with Gasteiger partial charge in [-0.25, -0.2) is 4.68 Å². The first-order valence-electron chi connectivity index (χ1n) is 9.28. The van der Waals surface area contributed by atoms with Crippen molar-refractivity contribution in [3.8, 4) is 23.1 Å². The summed E-state index contributed by atoms with van der Waals surface area (Å²) in [7, 11) is 0. The van der Waals surface area contributed by atoms with Crippen LogP contribution in [-0.4, -0.2) is 33.2 Å². The van der Waals surface area contributed by atoms with Gasteiger partial charge in [0.25, 0.3) is 0 Å². The van der Waals surface area contributed by atoms with E-state index in [9.17, 15) is 4.79 Å². The number of nitrogens with one attached hydrogen (secondary N) is 1. The van der Waals surface area contributed by atoms with Crippen LogP contribution in [-0.2, 0) is 4.79 Å². The Balaban J connectivity index is 1.95. The number of nitrogens with zero attached hydrogens (tertiary/aromatic N) is 3. The second-order valence-corrected chi connectivity index (χ2v) is 8.29. The molecule has 0 radical (unpaired) electrons. The molecular formula is C21H21Cl3N4O2. The molecule has 0 spiro atoms. The highest BCUT2D eigenvalue weighted by molar-refractivity contribution is 6.42. The van der Waals surface area contributed by atoms with Crippen molar-refractivity contribution in [1.82, 2.24) is 14.8 Å². The summed E-state index contributed by atoms with van der Waals surface area (Å²) in [6, 6.07) is 12.7. The first-order chi connectivity index (χ1) is 14.2. The number of alkyl halides is 1. The summed E-state index contributed by atoms with van der Waals surface area (Å²) in [6.45, 7) is 5.88. The van der Waals surface area contributed by atoms with E-state index in [2.05, 4.69) is 15.4 Å². The van der Waals surface area contributed by atoms with Crippen LogP contribution in [0.5, 0.6) is 6.01 Å². The van der Waals surface area contributed by atoms with Gasteiger partial charge in [0.1, 0.15) is 0 Å². The largest absolute Gasteiger partial charge is 0.463 e. The number of ether oxygens (including phenoxy) is 1. The number of hydrogen-bond donors (Lipinski definition) is 1. The molecule has 9 heteroatoms. The zero-order chi connectivity index (χ0) is 21.9. The van der Waals surface area contributed by atoms with Gasteiger partial charge in [-0.1, -0.05) is 23.2 Å². The Labute approximate surface area is 190 Å². The quantitative estimate of drug-likeness (QED) is 0.443. The number of anilines is 1. The minimum absolute atomic E-state index is 0.152. The van der Waals surface area contributed by atoms with Crippen molar-refractivity contribution in [3.63, 3.8) is 0 Å². The Morgan fingerprint density at radius 1 is 1.13 bits per heavy atom. The highest BCUT2D eigenvalue weighted by Crippen LogP contribution is 2.30. The molecule has 2 aromatic carbocycles. The number of benzene rings is 2. The summed E-state index contributed by atoms with van der Waals surface area (Å²) in [5.74, 6) is 0.626. The second kappa shape index (κ2) is 9.25. The Morgan fingerprint density at radius 2 is 1.83 bits per heavy atom. The normalized spacial score (nSPS) is 11.4. The summed E-state index contributed by atoms with van der Waals surface area (Å²) >= 11 is 18.1. The molecule has 0 bridgehead atoms. The molecular weight excluding hydrogens is 447 g/mol. The van der Waals surface area contributed by atoms with Crippen molar-refractivity contribution in [3.05, 3.63) is 52.5 Å². The smallest absolute Gasteiger partial charge is 0.336 e. The van der Waals surface area contributed by atoms with Crippen LogP contribution in [0.3, 0.4) is 0 Å². The molecule has 0 saturated heterocycles. The van der Waals surface area contributed by atoms with Crippen LogP contribution in [0, 0.1) is 5.41 Å². The number of aromatic nitrogens is 3. The van der Waals surface area contributed by atoms with Gasteiger partial charge >= 0.3 is 6.01 Å². The van der Waals surface area contributed by atoms with Crippen LogP contribution in [0.15, 0.2) is 42.5 Å². The third-order valence-electron chi connectivity index (χ3n) is 4.36. The molecule has 0 aliphatic heterocycles. The zero-order valence-electron chi connectivity index (χ0n) is 16.7. The van der Waals surface area contributed by atoms with E-state index in [0.717, 1.165) is 11.3 Å². The van der Waals surface area contributed by atoms with E-state index in [1.807, 2.05) is 25.1 Å². The maximum absolute atomic E-state index is 12.3. The van der Waals surface area contributed by atoms with Gasteiger partial charge in [-0.3, -0.25) is 4.79 Å². The number of hydrogen-bond acceptors (Lipinski definition) is 4. The fraction of sp³-hybridized carbons (Fsp3) is 0.286. The van der Waals surface area contributed by atoms with E-state index in [-0.39, 0.29) is 17.8 Å². The van der Waals surface area contributed by atoms with Crippen molar-refractivity contribution in [2.75, 3.05) is 17.8 Å². The molecule has 3 rings (SSSR count). The number of carbonyl (C=O) groups is 1. The lowest BCUT2D eigenvalue weighted by Gasteiger charge is -2.20. The number of rotatable bonds is 7. The first-order valence-corrected chi connectivity index (χ1v) is 10.6. The summed E-state index contributed by atoms with van der Waals surface area (Å²) < 4.78 is 7.13. The van der Waals surface area contributed by atoms with Gasteiger partial charge in [0.05, 0.1) is 27.8 Å². The van der Waals surface area contributed by atoms with Gasteiger partial charge in [-0.05, 0) is 63.2 Å². The molecule has 1 amide bonds. The molecule has 30 heavy (non-hydrogen) atoms. The molecule has 0 aliphatic rings. The third kappa shape index (κ3) is 4.89. The average Bonchev–Trinajstić information content (AvgIpc) is 3.14. The van der Waals surface area contributed by atoms with E-state index in [1.165, 1.54) is 0 Å². The van der Waals surface area contributed by atoms with Gasteiger partial charge in [0.2, 0.25) is 5.91 Å². The highest BCUT2D eigenvalue weighted by atomic mass is 35.5. The van der Waals surface area contributed by atoms with Crippen molar-refractivity contribution < 1.29 is 9.53 Å². The molecule has 3 aromatic rings. The molecule has 0 aliphatic carbocycles. The predicted molar refractivity (Wildman–Crippen MR) is 121 cm³/mol. The van der Waals surface area contributed by atoms with Crippen LogP contribution < -0.4 is 10.1 Å². The maximum atomic E-state index is 12.3. The summed E-state index contributed by atoms with van der Waals surface area (Å²) in [5, 5.41) is 8.19.